The zero-order valence-corrected chi connectivity index (χ0v) is 21.9. The summed E-state index contributed by atoms with van der Waals surface area (Å²) >= 11 is 0. The predicted octanol–water partition coefficient (Wildman–Crippen LogP) is 4.31. The standard InChI is InChI=1S/C31H32N6O/c1-22-15-23(2)28(31(38)37-13-11-36(12-14-37)30-10-6-4-8-25(30)18-33)16-26(22)19-35-20-27(21-35)34-29-9-5-3-7-24(29)17-32/h3-10,15-16,27,34H,11-14,19-21H2,1-2H3. The van der Waals surface area contributed by atoms with Crippen LogP contribution in [0.3, 0.4) is 0 Å². The molecule has 7 heteroatoms. The van der Waals surface area contributed by atoms with E-state index in [1.807, 2.05) is 60.4 Å². The number of anilines is 2. The molecule has 0 bridgehead atoms. The first-order chi connectivity index (χ1) is 18.5. The van der Waals surface area contributed by atoms with Crippen molar-refractivity contribution in [1.82, 2.24) is 9.80 Å². The van der Waals surface area contributed by atoms with E-state index >= 15 is 0 Å². The number of likely N-dealkylation sites (tertiary alicyclic amines) is 1. The Balaban J connectivity index is 1.20. The molecule has 5 rings (SSSR count). The van der Waals surface area contributed by atoms with Crippen molar-refractivity contribution in [3.05, 3.63) is 94.0 Å². The molecule has 0 saturated carbocycles. The van der Waals surface area contributed by atoms with Crippen LogP contribution in [0.25, 0.3) is 0 Å². The fourth-order valence-corrected chi connectivity index (χ4v) is 5.42. The molecule has 0 unspecified atom stereocenters. The van der Waals surface area contributed by atoms with Crippen LogP contribution in [0.5, 0.6) is 0 Å². The van der Waals surface area contributed by atoms with E-state index in [2.05, 4.69) is 46.3 Å². The van der Waals surface area contributed by atoms with Gasteiger partial charge in [0.25, 0.3) is 5.91 Å². The molecule has 1 N–H and O–H groups in total. The second kappa shape index (κ2) is 11.0. The number of para-hydroxylation sites is 2. The highest BCUT2D eigenvalue weighted by molar-refractivity contribution is 5.96. The minimum absolute atomic E-state index is 0.0771. The van der Waals surface area contributed by atoms with E-state index in [-0.39, 0.29) is 5.91 Å². The van der Waals surface area contributed by atoms with E-state index in [1.54, 1.807) is 0 Å². The highest BCUT2D eigenvalue weighted by Gasteiger charge is 2.29. The Bertz CT molecular complexity index is 1420. The number of amides is 1. The Morgan fingerprint density at radius 1 is 0.895 bits per heavy atom. The Morgan fingerprint density at radius 3 is 2.26 bits per heavy atom. The van der Waals surface area contributed by atoms with Crippen LogP contribution in [-0.4, -0.2) is 61.0 Å². The monoisotopic (exact) mass is 504 g/mol. The van der Waals surface area contributed by atoms with Gasteiger partial charge < -0.3 is 15.1 Å². The molecule has 0 aliphatic carbocycles. The van der Waals surface area contributed by atoms with Crippen molar-refractivity contribution in [1.29, 1.82) is 10.5 Å². The van der Waals surface area contributed by atoms with Crippen molar-refractivity contribution >= 4 is 17.3 Å². The van der Waals surface area contributed by atoms with Crippen molar-refractivity contribution < 1.29 is 4.79 Å². The Hall–Kier alpha value is -4.33. The van der Waals surface area contributed by atoms with E-state index in [1.165, 1.54) is 11.1 Å². The zero-order valence-electron chi connectivity index (χ0n) is 21.9. The summed E-state index contributed by atoms with van der Waals surface area (Å²) in [5.41, 5.74) is 7.31. The average molecular weight is 505 g/mol. The van der Waals surface area contributed by atoms with Crippen LogP contribution >= 0.6 is 0 Å². The summed E-state index contributed by atoms with van der Waals surface area (Å²) in [6, 6.07) is 24.3. The van der Waals surface area contributed by atoms with Gasteiger partial charge in [-0.1, -0.05) is 30.3 Å². The second-order valence-corrected chi connectivity index (χ2v) is 10.2. The molecule has 2 saturated heterocycles. The van der Waals surface area contributed by atoms with Gasteiger partial charge in [-0.2, -0.15) is 10.5 Å². The molecular weight excluding hydrogens is 472 g/mol. The van der Waals surface area contributed by atoms with Crippen LogP contribution in [0.1, 0.15) is 38.2 Å². The third-order valence-electron chi connectivity index (χ3n) is 7.60. The maximum Gasteiger partial charge on any atom is 0.254 e. The SMILES string of the molecule is Cc1cc(C)c(C(=O)N2CCN(c3ccccc3C#N)CC2)cc1CN1CC(Nc2ccccc2C#N)C1. The van der Waals surface area contributed by atoms with E-state index < -0.39 is 0 Å². The molecule has 2 fully saturated rings. The first-order valence-corrected chi connectivity index (χ1v) is 13.1. The molecule has 3 aromatic rings. The van der Waals surface area contributed by atoms with E-state index in [9.17, 15) is 15.3 Å². The molecule has 3 aromatic carbocycles. The number of hydrogen-bond acceptors (Lipinski definition) is 6. The third-order valence-corrected chi connectivity index (χ3v) is 7.60. The van der Waals surface area contributed by atoms with Crippen LogP contribution in [0.15, 0.2) is 60.7 Å². The molecule has 0 atom stereocenters. The molecule has 0 radical (unpaired) electrons. The lowest BCUT2D eigenvalue weighted by molar-refractivity contribution is 0.0745. The maximum atomic E-state index is 13.5. The minimum Gasteiger partial charge on any atom is -0.379 e. The number of aryl methyl sites for hydroxylation is 2. The molecule has 192 valence electrons. The number of nitrogens with zero attached hydrogens (tertiary/aromatic N) is 5. The topological polar surface area (TPSA) is 86.4 Å². The third kappa shape index (κ3) is 5.20. The van der Waals surface area contributed by atoms with Crippen LogP contribution in [0, 0.1) is 36.5 Å². The number of carbonyl (C=O) groups excluding carboxylic acids is 1. The van der Waals surface area contributed by atoms with Crippen molar-refractivity contribution in [2.75, 3.05) is 49.5 Å². The molecule has 0 aromatic heterocycles. The number of nitrogens with one attached hydrogen (secondary N) is 1. The minimum atomic E-state index is 0.0771. The van der Waals surface area contributed by atoms with Gasteiger partial charge in [-0.3, -0.25) is 9.69 Å². The lowest BCUT2D eigenvalue weighted by Crippen LogP contribution is -2.54. The van der Waals surface area contributed by atoms with Crippen LogP contribution in [-0.2, 0) is 6.54 Å². The average Bonchev–Trinajstić information content (AvgIpc) is 2.93. The van der Waals surface area contributed by atoms with Gasteiger partial charge in [-0.25, -0.2) is 0 Å². The van der Waals surface area contributed by atoms with Gasteiger partial charge in [0.1, 0.15) is 12.1 Å². The quantitative estimate of drug-likeness (QED) is 0.539. The lowest BCUT2D eigenvalue weighted by atomic mass is 9.97. The number of carbonyl (C=O) groups is 1. The molecule has 0 spiro atoms. The van der Waals surface area contributed by atoms with Crippen LogP contribution in [0.4, 0.5) is 11.4 Å². The van der Waals surface area contributed by atoms with Crippen molar-refractivity contribution in [2.45, 2.75) is 26.4 Å². The zero-order chi connectivity index (χ0) is 26.6. The highest BCUT2D eigenvalue weighted by Crippen LogP contribution is 2.25. The van der Waals surface area contributed by atoms with Crippen LogP contribution in [0.2, 0.25) is 0 Å². The smallest absolute Gasteiger partial charge is 0.254 e. The Labute approximate surface area is 224 Å². The summed E-state index contributed by atoms with van der Waals surface area (Å²) in [6.45, 7) is 9.38. The molecule has 2 aliphatic heterocycles. The summed E-state index contributed by atoms with van der Waals surface area (Å²) in [4.78, 5) is 20.0. The molecule has 7 nitrogen and oxygen atoms in total. The fraction of sp³-hybridized carbons (Fsp3) is 0.323. The first-order valence-electron chi connectivity index (χ1n) is 13.1. The summed E-state index contributed by atoms with van der Waals surface area (Å²) in [5, 5.41) is 22.3. The number of rotatable bonds is 6. The van der Waals surface area contributed by atoms with E-state index in [4.69, 9.17) is 0 Å². The Morgan fingerprint density at radius 2 is 1.55 bits per heavy atom. The highest BCUT2D eigenvalue weighted by atomic mass is 16.2. The molecular formula is C31H32N6O. The van der Waals surface area contributed by atoms with Gasteiger partial charge in [0.15, 0.2) is 0 Å². The molecule has 2 aliphatic rings. The number of benzene rings is 3. The number of hydrogen-bond donors (Lipinski definition) is 1. The van der Waals surface area contributed by atoms with Gasteiger partial charge in [0.05, 0.1) is 28.5 Å². The van der Waals surface area contributed by atoms with Gasteiger partial charge >= 0.3 is 0 Å². The van der Waals surface area contributed by atoms with Crippen molar-refractivity contribution in [2.24, 2.45) is 0 Å². The van der Waals surface area contributed by atoms with E-state index in [0.29, 0.717) is 43.3 Å². The summed E-state index contributed by atoms with van der Waals surface area (Å²) in [7, 11) is 0. The molecule has 2 heterocycles. The predicted molar refractivity (Wildman–Crippen MR) is 149 cm³/mol. The van der Waals surface area contributed by atoms with E-state index in [0.717, 1.165) is 42.1 Å². The maximum absolute atomic E-state index is 13.5. The normalized spacial score (nSPS) is 15.9. The lowest BCUT2D eigenvalue weighted by Gasteiger charge is -2.40. The molecule has 38 heavy (non-hydrogen) atoms. The van der Waals surface area contributed by atoms with Crippen LogP contribution < -0.4 is 10.2 Å². The number of piperazine rings is 1. The fourth-order valence-electron chi connectivity index (χ4n) is 5.42. The second-order valence-electron chi connectivity index (χ2n) is 10.2. The summed E-state index contributed by atoms with van der Waals surface area (Å²) in [5.74, 6) is 0.0771. The summed E-state index contributed by atoms with van der Waals surface area (Å²) in [6.07, 6.45) is 0. The van der Waals surface area contributed by atoms with Crippen molar-refractivity contribution in [3.63, 3.8) is 0 Å². The first kappa shape index (κ1) is 25.3. The van der Waals surface area contributed by atoms with Gasteiger partial charge in [-0.15, -0.1) is 0 Å². The molecule has 1 amide bonds. The number of nitriles is 2. The summed E-state index contributed by atoms with van der Waals surface area (Å²) < 4.78 is 0. The van der Waals surface area contributed by atoms with Crippen molar-refractivity contribution in [3.8, 4) is 12.1 Å². The van der Waals surface area contributed by atoms with Gasteiger partial charge in [0.2, 0.25) is 0 Å². The van der Waals surface area contributed by atoms with Gasteiger partial charge in [0, 0.05) is 51.4 Å². The largest absolute Gasteiger partial charge is 0.379 e. The van der Waals surface area contributed by atoms with Gasteiger partial charge in [-0.05, 0) is 60.9 Å². The Kier molecular flexibility index (Phi) is 7.31.